The summed E-state index contributed by atoms with van der Waals surface area (Å²) in [6.45, 7) is 2.68. The third kappa shape index (κ3) is 2.91. The van der Waals surface area contributed by atoms with Crippen LogP contribution in [0.15, 0.2) is 17.5 Å². The first-order chi connectivity index (χ1) is 8.58. The van der Waals surface area contributed by atoms with Gasteiger partial charge in [0.2, 0.25) is 5.28 Å². The Morgan fingerprint density at radius 1 is 1.44 bits per heavy atom. The molecule has 0 bridgehead atoms. The summed E-state index contributed by atoms with van der Waals surface area (Å²) in [5.41, 5.74) is 7.29. The van der Waals surface area contributed by atoms with Gasteiger partial charge in [0.05, 0.1) is 11.4 Å². The molecule has 2 aromatic rings. The number of nitrogen functional groups attached to an aromatic ring is 1. The van der Waals surface area contributed by atoms with E-state index in [9.17, 15) is 0 Å². The van der Waals surface area contributed by atoms with Crippen molar-refractivity contribution in [2.24, 2.45) is 0 Å². The van der Waals surface area contributed by atoms with E-state index in [2.05, 4.69) is 27.5 Å². The second-order valence-corrected chi connectivity index (χ2v) is 5.44. The third-order valence-corrected chi connectivity index (χ3v) is 3.83. The number of hydrogen-bond donors (Lipinski definition) is 1. The molecule has 6 heteroatoms. The van der Waals surface area contributed by atoms with E-state index in [4.69, 9.17) is 17.3 Å². The van der Waals surface area contributed by atoms with Crippen LogP contribution in [0.2, 0.25) is 5.28 Å². The van der Waals surface area contributed by atoms with Crippen molar-refractivity contribution < 1.29 is 0 Å². The number of rotatable bonds is 4. The molecule has 0 saturated heterocycles. The van der Waals surface area contributed by atoms with E-state index in [1.807, 2.05) is 18.9 Å². The number of aryl methyl sites for hydroxylation is 1. The van der Waals surface area contributed by atoms with Gasteiger partial charge in [0.1, 0.15) is 0 Å². The second kappa shape index (κ2) is 5.54. The van der Waals surface area contributed by atoms with Gasteiger partial charge in [-0.05, 0) is 36.4 Å². The van der Waals surface area contributed by atoms with E-state index >= 15 is 0 Å². The lowest BCUT2D eigenvalue weighted by molar-refractivity contribution is 0.864. The van der Waals surface area contributed by atoms with Crippen LogP contribution >= 0.6 is 22.9 Å². The maximum atomic E-state index is 5.98. The summed E-state index contributed by atoms with van der Waals surface area (Å²) in [4.78, 5) is 11.6. The zero-order chi connectivity index (χ0) is 13.1. The van der Waals surface area contributed by atoms with Crippen molar-refractivity contribution in [1.29, 1.82) is 0 Å². The Morgan fingerprint density at radius 2 is 2.22 bits per heavy atom. The molecule has 0 aliphatic rings. The van der Waals surface area contributed by atoms with Crippen LogP contribution in [0, 0.1) is 6.92 Å². The average Bonchev–Trinajstić information content (AvgIpc) is 2.83. The zero-order valence-corrected chi connectivity index (χ0v) is 11.9. The van der Waals surface area contributed by atoms with Gasteiger partial charge in [-0.2, -0.15) is 4.98 Å². The first kappa shape index (κ1) is 13.1. The predicted octanol–water partition coefficient (Wildman–Crippen LogP) is 2.76. The highest BCUT2D eigenvalue weighted by Crippen LogP contribution is 2.24. The van der Waals surface area contributed by atoms with Crippen molar-refractivity contribution in [3.05, 3.63) is 33.4 Å². The van der Waals surface area contributed by atoms with Crippen LogP contribution in [0.4, 0.5) is 11.5 Å². The van der Waals surface area contributed by atoms with Crippen LogP contribution in [0.3, 0.4) is 0 Å². The molecule has 0 aromatic carbocycles. The lowest BCUT2D eigenvalue weighted by Crippen LogP contribution is -2.23. The minimum atomic E-state index is 0.236. The Kier molecular flexibility index (Phi) is 4.04. The Balaban J connectivity index is 2.11. The smallest absolute Gasteiger partial charge is 0.224 e. The van der Waals surface area contributed by atoms with Gasteiger partial charge in [-0.25, -0.2) is 4.98 Å². The van der Waals surface area contributed by atoms with E-state index in [0.29, 0.717) is 17.2 Å². The summed E-state index contributed by atoms with van der Waals surface area (Å²) in [7, 11) is 1.96. The molecule has 2 heterocycles. The molecule has 4 nitrogen and oxygen atoms in total. The van der Waals surface area contributed by atoms with Gasteiger partial charge in [0, 0.05) is 18.5 Å². The molecule has 0 aliphatic heterocycles. The molecule has 0 amide bonds. The van der Waals surface area contributed by atoms with Gasteiger partial charge in [0.15, 0.2) is 5.82 Å². The van der Waals surface area contributed by atoms with E-state index in [1.54, 1.807) is 11.3 Å². The topological polar surface area (TPSA) is 55.0 Å². The van der Waals surface area contributed by atoms with E-state index in [0.717, 1.165) is 13.0 Å². The van der Waals surface area contributed by atoms with Crippen molar-refractivity contribution in [3.8, 4) is 0 Å². The molecule has 2 N–H and O–H groups in total. The Hall–Kier alpha value is -1.33. The highest BCUT2D eigenvalue weighted by Gasteiger charge is 2.12. The minimum absolute atomic E-state index is 0.236. The molecule has 96 valence electrons. The molecule has 0 aliphatic carbocycles. The first-order valence-electron chi connectivity index (χ1n) is 5.61. The molecule has 0 spiro atoms. The molecular weight excluding hydrogens is 268 g/mol. The van der Waals surface area contributed by atoms with Crippen LogP contribution < -0.4 is 10.6 Å². The number of thiophene rings is 1. The van der Waals surface area contributed by atoms with Gasteiger partial charge < -0.3 is 10.6 Å². The highest BCUT2D eigenvalue weighted by atomic mass is 35.5. The number of hydrogen-bond acceptors (Lipinski definition) is 5. The summed E-state index contributed by atoms with van der Waals surface area (Å²) >= 11 is 7.62. The quantitative estimate of drug-likeness (QED) is 0.876. The van der Waals surface area contributed by atoms with Crippen molar-refractivity contribution in [1.82, 2.24) is 9.97 Å². The van der Waals surface area contributed by atoms with Gasteiger partial charge in [-0.3, -0.25) is 0 Å². The molecule has 0 radical (unpaired) electrons. The maximum Gasteiger partial charge on any atom is 0.224 e. The van der Waals surface area contributed by atoms with Crippen molar-refractivity contribution in [2.75, 3.05) is 24.2 Å². The van der Waals surface area contributed by atoms with Crippen LogP contribution in [0.1, 0.15) is 10.6 Å². The van der Waals surface area contributed by atoms with E-state index < -0.39 is 0 Å². The summed E-state index contributed by atoms with van der Waals surface area (Å²) in [6, 6.07) is 4.18. The molecule has 0 unspecified atom stereocenters. The Morgan fingerprint density at radius 3 is 2.89 bits per heavy atom. The maximum absolute atomic E-state index is 5.98. The normalized spacial score (nSPS) is 10.6. The number of likely N-dealkylation sites (N-methyl/N-ethyl adjacent to an activating group) is 1. The summed E-state index contributed by atoms with van der Waals surface area (Å²) in [5, 5.41) is 2.31. The van der Waals surface area contributed by atoms with Crippen LogP contribution in [-0.4, -0.2) is 23.6 Å². The fourth-order valence-electron chi connectivity index (χ4n) is 1.66. The Bertz CT molecular complexity index is 527. The number of nitrogens with two attached hydrogens (primary N) is 1. The summed E-state index contributed by atoms with van der Waals surface area (Å²) < 4.78 is 0. The SMILES string of the molecule is Cc1nc(Cl)nc(N(C)CCc2cccs2)c1N. The third-order valence-electron chi connectivity index (χ3n) is 2.72. The number of halogens is 1. The molecule has 2 rings (SSSR count). The number of aromatic nitrogens is 2. The van der Waals surface area contributed by atoms with Crippen LogP contribution in [0.5, 0.6) is 0 Å². The van der Waals surface area contributed by atoms with Gasteiger partial charge in [-0.15, -0.1) is 11.3 Å². The molecule has 18 heavy (non-hydrogen) atoms. The van der Waals surface area contributed by atoms with Crippen LogP contribution in [-0.2, 0) is 6.42 Å². The van der Waals surface area contributed by atoms with E-state index in [1.165, 1.54) is 4.88 Å². The van der Waals surface area contributed by atoms with Gasteiger partial charge in [-0.1, -0.05) is 6.07 Å². The second-order valence-electron chi connectivity index (χ2n) is 4.07. The monoisotopic (exact) mass is 282 g/mol. The van der Waals surface area contributed by atoms with Gasteiger partial charge >= 0.3 is 0 Å². The molecule has 0 saturated carbocycles. The molecular formula is C12H15ClN4S. The van der Waals surface area contributed by atoms with Gasteiger partial charge in [0.25, 0.3) is 0 Å². The zero-order valence-electron chi connectivity index (χ0n) is 10.4. The summed E-state index contributed by atoms with van der Waals surface area (Å²) in [6.07, 6.45) is 0.967. The fourth-order valence-corrected chi connectivity index (χ4v) is 2.57. The molecule has 2 aromatic heterocycles. The lowest BCUT2D eigenvalue weighted by Gasteiger charge is -2.20. The number of nitrogens with zero attached hydrogens (tertiary/aromatic N) is 3. The molecule has 0 fully saturated rings. The van der Waals surface area contributed by atoms with E-state index in [-0.39, 0.29) is 5.28 Å². The lowest BCUT2D eigenvalue weighted by atomic mass is 10.3. The minimum Gasteiger partial charge on any atom is -0.394 e. The summed E-state index contributed by atoms with van der Waals surface area (Å²) in [5.74, 6) is 0.698. The van der Waals surface area contributed by atoms with Crippen molar-refractivity contribution in [2.45, 2.75) is 13.3 Å². The largest absolute Gasteiger partial charge is 0.394 e. The standard InChI is InChI=1S/C12H15ClN4S/c1-8-10(14)11(16-12(13)15-8)17(2)6-5-9-4-3-7-18-9/h3-4,7H,5-6,14H2,1-2H3. The number of anilines is 2. The fraction of sp³-hybridized carbons (Fsp3) is 0.333. The Labute approximate surface area is 115 Å². The average molecular weight is 283 g/mol. The van der Waals surface area contributed by atoms with Crippen molar-refractivity contribution >= 4 is 34.4 Å². The van der Waals surface area contributed by atoms with Crippen molar-refractivity contribution in [3.63, 3.8) is 0 Å². The predicted molar refractivity (Wildman–Crippen MR) is 77.5 cm³/mol. The first-order valence-corrected chi connectivity index (χ1v) is 6.87. The van der Waals surface area contributed by atoms with Crippen LogP contribution in [0.25, 0.3) is 0 Å². The highest BCUT2D eigenvalue weighted by molar-refractivity contribution is 7.09. The molecule has 0 atom stereocenters.